The number of hydrogen-bond acceptors (Lipinski definition) is 5. The fraction of sp³-hybridized carbons (Fsp3) is 0.474. The summed E-state index contributed by atoms with van der Waals surface area (Å²) in [5.41, 5.74) is 0. The molecule has 1 aliphatic heterocycles. The Morgan fingerprint density at radius 1 is 1.33 bits per heavy atom. The average molecular weight is 485 g/mol. The fourth-order valence-corrected chi connectivity index (χ4v) is 3.06. The molecule has 8 heteroatoms. The van der Waals surface area contributed by atoms with Crippen LogP contribution in [0.2, 0.25) is 0 Å². The minimum atomic E-state index is -0.730. The smallest absolute Gasteiger partial charge is 0.191 e. The number of aliphatic imine (C=N–C) groups is 1. The lowest BCUT2D eigenvalue weighted by molar-refractivity contribution is 0.158. The van der Waals surface area contributed by atoms with Crippen LogP contribution in [0.1, 0.15) is 31.6 Å². The summed E-state index contributed by atoms with van der Waals surface area (Å²) < 4.78 is 5.22. The maximum atomic E-state index is 10.1. The molecular formula is C19H28IN5O2. The Kier molecular flexibility index (Phi) is 8.86. The van der Waals surface area contributed by atoms with Crippen LogP contribution in [-0.2, 0) is 0 Å². The van der Waals surface area contributed by atoms with Crippen LogP contribution < -0.4 is 15.5 Å². The summed E-state index contributed by atoms with van der Waals surface area (Å²) in [4.78, 5) is 11.2. The number of anilines is 1. The third kappa shape index (κ3) is 6.39. The Bertz CT molecular complexity index is 673. The van der Waals surface area contributed by atoms with Crippen LogP contribution in [0, 0.1) is 0 Å². The van der Waals surface area contributed by atoms with Gasteiger partial charge in [0.05, 0.1) is 12.8 Å². The molecule has 2 aromatic rings. The second-order valence-electron chi connectivity index (χ2n) is 6.34. The summed E-state index contributed by atoms with van der Waals surface area (Å²) in [6, 6.07) is 9.89. The Morgan fingerprint density at radius 2 is 2.15 bits per heavy atom. The Morgan fingerprint density at radius 3 is 2.78 bits per heavy atom. The first-order chi connectivity index (χ1) is 12.8. The predicted molar refractivity (Wildman–Crippen MR) is 118 cm³/mol. The number of furan rings is 1. The van der Waals surface area contributed by atoms with Gasteiger partial charge in [0.15, 0.2) is 5.96 Å². The molecule has 27 heavy (non-hydrogen) atoms. The highest BCUT2D eigenvalue weighted by Crippen LogP contribution is 2.17. The van der Waals surface area contributed by atoms with Crippen molar-refractivity contribution in [1.82, 2.24) is 15.6 Å². The van der Waals surface area contributed by atoms with Gasteiger partial charge in [0.1, 0.15) is 17.7 Å². The van der Waals surface area contributed by atoms with E-state index < -0.39 is 6.10 Å². The molecule has 1 unspecified atom stereocenters. The molecule has 3 rings (SSSR count). The van der Waals surface area contributed by atoms with Crippen molar-refractivity contribution >= 4 is 35.8 Å². The minimum absolute atomic E-state index is 0. The maximum Gasteiger partial charge on any atom is 0.191 e. The van der Waals surface area contributed by atoms with Crippen molar-refractivity contribution in [1.29, 1.82) is 0 Å². The average Bonchev–Trinajstić information content (AvgIpc) is 3.22. The van der Waals surface area contributed by atoms with Crippen molar-refractivity contribution in [2.24, 2.45) is 4.99 Å². The molecule has 0 spiro atoms. The number of nitrogens with zero attached hydrogens (tertiary/aromatic N) is 3. The van der Waals surface area contributed by atoms with E-state index in [1.54, 1.807) is 18.4 Å². The normalized spacial score (nSPS) is 16.5. The van der Waals surface area contributed by atoms with Crippen molar-refractivity contribution < 1.29 is 9.52 Å². The maximum absolute atomic E-state index is 10.1. The van der Waals surface area contributed by atoms with E-state index in [4.69, 9.17) is 4.42 Å². The van der Waals surface area contributed by atoms with Gasteiger partial charge in [0, 0.05) is 31.9 Å². The Balaban J connectivity index is 0.00000261. The van der Waals surface area contributed by atoms with E-state index in [1.807, 2.05) is 25.3 Å². The number of piperidine rings is 1. The number of aromatic nitrogens is 1. The van der Waals surface area contributed by atoms with E-state index in [0.29, 0.717) is 11.8 Å². The van der Waals surface area contributed by atoms with E-state index in [0.717, 1.165) is 44.3 Å². The largest absolute Gasteiger partial charge is 0.467 e. The van der Waals surface area contributed by atoms with Gasteiger partial charge in [-0.05, 0) is 44.0 Å². The lowest BCUT2D eigenvalue weighted by Gasteiger charge is -2.33. The van der Waals surface area contributed by atoms with Crippen molar-refractivity contribution in [3.05, 3.63) is 48.6 Å². The van der Waals surface area contributed by atoms with Gasteiger partial charge >= 0.3 is 0 Å². The summed E-state index contributed by atoms with van der Waals surface area (Å²) in [5, 5.41) is 16.8. The molecule has 0 radical (unpaired) electrons. The topological polar surface area (TPSA) is 85.9 Å². The highest BCUT2D eigenvalue weighted by atomic mass is 127. The molecule has 0 aromatic carbocycles. The van der Waals surface area contributed by atoms with Crippen LogP contribution in [0.3, 0.4) is 0 Å². The number of nitrogens with one attached hydrogen (secondary N) is 2. The van der Waals surface area contributed by atoms with E-state index >= 15 is 0 Å². The third-order valence-corrected chi connectivity index (χ3v) is 4.45. The molecule has 7 nitrogen and oxygen atoms in total. The molecule has 1 saturated heterocycles. The fourth-order valence-electron chi connectivity index (χ4n) is 3.06. The van der Waals surface area contributed by atoms with Crippen LogP contribution in [0.4, 0.5) is 5.82 Å². The van der Waals surface area contributed by atoms with Crippen molar-refractivity contribution in [2.45, 2.75) is 31.9 Å². The van der Waals surface area contributed by atoms with Gasteiger partial charge in [-0.1, -0.05) is 6.07 Å². The molecule has 3 N–H and O–H groups in total. The van der Waals surface area contributed by atoms with Crippen molar-refractivity contribution in [2.75, 3.05) is 31.1 Å². The zero-order valence-electron chi connectivity index (χ0n) is 15.5. The first-order valence-corrected chi connectivity index (χ1v) is 9.18. The second kappa shape index (κ2) is 11.1. The number of rotatable bonds is 6. The standard InChI is InChI=1S/C19H27N5O2.HI/c1-2-20-19(22-14-16(25)17-6-5-13-26-17)23-15-8-11-24(12-9-15)18-7-3-4-10-21-18;/h3-7,10,13,15-16,25H,2,8-9,11-12,14H2,1H3,(H2,20,22,23);1H. The van der Waals surface area contributed by atoms with Crippen molar-refractivity contribution in [3.8, 4) is 0 Å². The van der Waals surface area contributed by atoms with E-state index in [-0.39, 0.29) is 30.5 Å². The number of aliphatic hydroxyl groups is 1. The van der Waals surface area contributed by atoms with Gasteiger partial charge in [-0.2, -0.15) is 0 Å². The molecule has 0 amide bonds. The van der Waals surface area contributed by atoms with Crippen LogP contribution in [-0.4, -0.2) is 48.3 Å². The molecule has 0 bridgehead atoms. The molecule has 1 aliphatic rings. The van der Waals surface area contributed by atoms with Gasteiger partial charge in [-0.3, -0.25) is 4.99 Å². The van der Waals surface area contributed by atoms with E-state index in [2.05, 4.69) is 31.6 Å². The van der Waals surface area contributed by atoms with Gasteiger partial charge < -0.3 is 25.1 Å². The highest BCUT2D eigenvalue weighted by molar-refractivity contribution is 14.0. The lowest BCUT2D eigenvalue weighted by atomic mass is 10.1. The third-order valence-electron chi connectivity index (χ3n) is 4.45. The van der Waals surface area contributed by atoms with E-state index in [9.17, 15) is 5.11 Å². The zero-order valence-corrected chi connectivity index (χ0v) is 17.9. The number of aliphatic hydroxyl groups excluding tert-OH is 1. The van der Waals surface area contributed by atoms with Gasteiger partial charge in [-0.25, -0.2) is 4.98 Å². The van der Waals surface area contributed by atoms with Gasteiger partial charge in [0.2, 0.25) is 0 Å². The van der Waals surface area contributed by atoms with Gasteiger partial charge in [0.25, 0.3) is 0 Å². The number of guanidine groups is 1. The molecular weight excluding hydrogens is 457 g/mol. The molecule has 0 saturated carbocycles. The Hall–Kier alpha value is -1.81. The van der Waals surface area contributed by atoms with Gasteiger partial charge in [-0.15, -0.1) is 24.0 Å². The van der Waals surface area contributed by atoms with Crippen LogP contribution >= 0.6 is 24.0 Å². The summed E-state index contributed by atoms with van der Waals surface area (Å²) >= 11 is 0. The zero-order chi connectivity index (χ0) is 18.2. The summed E-state index contributed by atoms with van der Waals surface area (Å²) in [6.45, 7) is 4.99. The minimum Gasteiger partial charge on any atom is -0.467 e. The highest BCUT2D eigenvalue weighted by Gasteiger charge is 2.21. The number of halogens is 1. The predicted octanol–water partition coefficient (Wildman–Crippen LogP) is 2.55. The summed E-state index contributed by atoms with van der Waals surface area (Å²) in [7, 11) is 0. The van der Waals surface area contributed by atoms with Crippen LogP contribution in [0.25, 0.3) is 0 Å². The first kappa shape index (κ1) is 21.5. The van der Waals surface area contributed by atoms with Crippen LogP contribution in [0.5, 0.6) is 0 Å². The number of pyridine rings is 1. The second-order valence-corrected chi connectivity index (χ2v) is 6.34. The molecule has 2 aromatic heterocycles. The molecule has 1 atom stereocenters. The summed E-state index contributed by atoms with van der Waals surface area (Å²) in [6.07, 6.45) is 4.69. The van der Waals surface area contributed by atoms with Crippen LogP contribution in [0.15, 0.2) is 52.2 Å². The molecule has 148 valence electrons. The molecule has 1 fully saturated rings. The van der Waals surface area contributed by atoms with Crippen molar-refractivity contribution in [3.63, 3.8) is 0 Å². The Labute approximate surface area is 177 Å². The monoisotopic (exact) mass is 485 g/mol. The SMILES string of the molecule is CCNC(=NCC(O)c1ccco1)NC1CCN(c2ccccn2)CC1.I. The first-order valence-electron chi connectivity index (χ1n) is 9.18. The lowest BCUT2D eigenvalue weighted by Crippen LogP contribution is -2.49. The molecule has 3 heterocycles. The van der Waals surface area contributed by atoms with E-state index in [1.165, 1.54) is 0 Å². The number of hydrogen-bond donors (Lipinski definition) is 3. The quantitative estimate of drug-likeness (QED) is 0.332. The summed E-state index contributed by atoms with van der Waals surface area (Å²) in [5.74, 6) is 2.30. The molecule has 0 aliphatic carbocycles.